The minimum atomic E-state index is -0.479. The molecule has 0 aromatic heterocycles. The molecule has 1 amide bonds. The maximum atomic E-state index is 12.3. The summed E-state index contributed by atoms with van der Waals surface area (Å²) in [6.07, 6.45) is -0.479. The highest BCUT2D eigenvalue weighted by Crippen LogP contribution is 2.25. The number of aryl methyl sites for hydroxylation is 1. The lowest BCUT2D eigenvalue weighted by Crippen LogP contribution is -2.40. The predicted molar refractivity (Wildman–Crippen MR) is 94.2 cm³/mol. The van der Waals surface area contributed by atoms with Gasteiger partial charge in [0.2, 0.25) is 0 Å². The number of carbonyl (C=O) groups is 1. The Bertz CT molecular complexity index is 478. The van der Waals surface area contributed by atoms with Gasteiger partial charge in [0.25, 0.3) is 5.91 Å². The number of nitrogens with one attached hydrogen (secondary N) is 1. The molecule has 1 N–H and O–H groups in total. The van der Waals surface area contributed by atoms with E-state index in [0.29, 0.717) is 12.5 Å². The molecule has 0 heterocycles. The van der Waals surface area contributed by atoms with Gasteiger partial charge >= 0.3 is 0 Å². The van der Waals surface area contributed by atoms with E-state index >= 15 is 0 Å². The van der Waals surface area contributed by atoms with Crippen molar-refractivity contribution in [3.63, 3.8) is 0 Å². The second-order valence-electron chi connectivity index (χ2n) is 5.80. The van der Waals surface area contributed by atoms with Crippen molar-refractivity contribution in [1.29, 1.82) is 0 Å². The van der Waals surface area contributed by atoms with E-state index in [1.54, 1.807) is 18.9 Å². The molecule has 0 radical (unpaired) electrons. The highest BCUT2D eigenvalue weighted by atomic mass is 35.5. The largest absolute Gasteiger partial charge is 0.481 e. The van der Waals surface area contributed by atoms with Gasteiger partial charge in [-0.1, -0.05) is 26.0 Å². The molecule has 1 aromatic carbocycles. The van der Waals surface area contributed by atoms with Crippen LogP contribution in [0.5, 0.6) is 5.75 Å². The summed E-state index contributed by atoms with van der Waals surface area (Å²) in [7, 11) is 3.68. The zero-order chi connectivity index (χ0) is 16.0. The van der Waals surface area contributed by atoms with E-state index in [9.17, 15) is 4.79 Å². The van der Waals surface area contributed by atoms with Gasteiger partial charge in [-0.25, -0.2) is 0 Å². The minimum absolute atomic E-state index is 0. The fourth-order valence-electron chi connectivity index (χ4n) is 2.04. The molecule has 0 bridgehead atoms. The zero-order valence-corrected chi connectivity index (χ0v) is 15.3. The van der Waals surface area contributed by atoms with E-state index in [4.69, 9.17) is 4.74 Å². The lowest BCUT2D eigenvalue weighted by molar-refractivity contribution is -0.136. The highest BCUT2D eigenvalue weighted by Gasteiger charge is 2.19. The summed E-state index contributed by atoms with van der Waals surface area (Å²) < 4.78 is 5.89. The average Bonchev–Trinajstić information content (AvgIpc) is 2.45. The Hall–Kier alpha value is -1.26. The van der Waals surface area contributed by atoms with Gasteiger partial charge in [-0.05, 0) is 44.0 Å². The van der Waals surface area contributed by atoms with Crippen molar-refractivity contribution in [2.24, 2.45) is 0 Å². The fourth-order valence-corrected chi connectivity index (χ4v) is 2.04. The zero-order valence-electron chi connectivity index (χ0n) is 14.5. The van der Waals surface area contributed by atoms with Gasteiger partial charge in [0, 0.05) is 20.1 Å². The summed E-state index contributed by atoms with van der Waals surface area (Å²) in [6.45, 7) is 9.55. The molecule has 1 aromatic rings. The molecular weight excluding hydrogens is 300 g/mol. The second kappa shape index (κ2) is 9.70. The Morgan fingerprint density at radius 2 is 1.95 bits per heavy atom. The number of hydrogen-bond acceptors (Lipinski definition) is 3. The summed E-state index contributed by atoms with van der Waals surface area (Å²) >= 11 is 0. The van der Waals surface area contributed by atoms with Crippen LogP contribution in [0.1, 0.15) is 37.8 Å². The second-order valence-corrected chi connectivity index (χ2v) is 5.80. The fraction of sp³-hybridized carbons (Fsp3) is 0.588. The van der Waals surface area contributed by atoms with E-state index < -0.39 is 6.10 Å². The van der Waals surface area contributed by atoms with Crippen LogP contribution < -0.4 is 10.1 Å². The van der Waals surface area contributed by atoms with Crippen molar-refractivity contribution in [2.45, 2.75) is 39.7 Å². The summed E-state index contributed by atoms with van der Waals surface area (Å²) in [4.78, 5) is 14.0. The lowest BCUT2D eigenvalue weighted by atomic mass is 10.0. The van der Waals surface area contributed by atoms with Crippen LogP contribution in [0.2, 0.25) is 0 Å². The molecule has 0 fully saturated rings. The third-order valence-electron chi connectivity index (χ3n) is 3.60. The van der Waals surface area contributed by atoms with Gasteiger partial charge in [0.05, 0.1) is 0 Å². The maximum absolute atomic E-state index is 12.3. The van der Waals surface area contributed by atoms with Crippen molar-refractivity contribution in [3.8, 4) is 5.75 Å². The minimum Gasteiger partial charge on any atom is -0.481 e. The maximum Gasteiger partial charge on any atom is 0.263 e. The number of halogens is 1. The smallest absolute Gasteiger partial charge is 0.263 e. The summed E-state index contributed by atoms with van der Waals surface area (Å²) in [5, 5.41) is 3.04. The van der Waals surface area contributed by atoms with Gasteiger partial charge in [0.1, 0.15) is 5.75 Å². The van der Waals surface area contributed by atoms with Gasteiger partial charge in [0.15, 0.2) is 6.10 Å². The van der Waals surface area contributed by atoms with Crippen molar-refractivity contribution in [2.75, 3.05) is 27.2 Å². The topological polar surface area (TPSA) is 41.6 Å². The number of rotatable bonds is 7. The van der Waals surface area contributed by atoms with Crippen molar-refractivity contribution < 1.29 is 9.53 Å². The van der Waals surface area contributed by atoms with E-state index in [1.807, 2.05) is 26.1 Å². The molecule has 1 rings (SSSR count). The molecule has 0 aliphatic heterocycles. The normalized spacial score (nSPS) is 11.8. The first kappa shape index (κ1) is 20.7. The van der Waals surface area contributed by atoms with Crippen LogP contribution in [0.4, 0.5) is 0 Å². The first-order chi connectivity index (χ1) is 9.86. The van der Waals surface area contributed by atoms with Crippen molar-refractivity contribution in [3.05, 3.63) is 29.3 Å². The van der Waals surface area contributed by atoms with Gasteiger partial charge in [-0.2, -0.15) is 0 Å². The first-order valence-corrected chi connectivity index (χ1v) is 7.53. The monoisotopic (exact) mass is 328 g/mol. The molecule has 0 aliphatic rings. The van der Waals surface area contributed by atoms with Crippen LogP contribution >= 0.6 is 12.4 Å². The van der Waals surface area contributed by atoms with Gasteiger partial charge < -0.3 is 15.0 Å². The number of nitrogens with zero attached hydrogens (tertiary/aromatic N) is 1. The third kappa shape index (κ3) is 5.85. The van der Waals surface area contributed by atoms with Crippen LogP contribution in [-0.4, -0.2) is 44.1 Å². The number of likely N-dealkylation sites (N-methyl/N-ethyl adjacent to an activating group) is 2. The first-order valence-electron chi connectivity index (χ1n) is 7.53. The molecule has 1 unspecified atom stereocenters. The summed E-state index contributed by atoms with van der Waals surface area (Å²) in [5.74, 6) is 1.24. The Labute approximate surface area is 140 Å². The van der Waals surface area contributed by atoms with Crippen molar-refractivity contribution >= 4 is 18.3 Å². The van der Waals surface area contributed by atoms with E-state index in [-0.39, 0.29) is 18.3 Å². The number of ether oxygens (including phenoxy) is 1. The molecule has 0 saturated carbocycles. The van der Waals surface area contributed by atoms with Gasteiger partial charge in [-0.15, -0.1) is 12.4 Å². The lowest BCUT2D eigenvalue weighted by Gasteiger charge is -2.23. The summed E-state index contributed by atoms with van der Waals surface area (Å²) in [5.41, 5.74) is 2.27. The molecule has 126 valence electrons. The van der Waals surface area contributed by atoms with Crippen LogP contribution in [-0.2, 0) is 4.79 Å². The van der Waals surface area contributed by atoms with E-state index in [1.165, 1.54) is 5.56 Å². The summed E-state index contributed by atoms with van der Waals surface area (Å²) in [6, 6.07) is 6.20. The van der Waals surface area contributed by atoms with Crippen LogP contribution in [0.3, 0.4) is 0 Å². The molecule has 0 aliphatic carbocycles. The Kier molecular flexibility index (Phi) is 9.14. The van der Waals surface area contributed by atoms with Crippen LogP contribution in [0, 0.1) is 6.92 Å². The Morgan fingerprint density at radius 1 is 1.32 bits per heavy atom. The third-order valence-corrected chi connectivity index (χ3v) is 3.60. The molecule has 0 saturated heterocycles. The number of benzene rings is 1. The average molecular weight is 329 g/mol. The Morgan fingerprint density at radius 3 is 2.50 bits per heavy atom. The predicted octanol–water partition coefficient (Wildman–Crippen LogP) is 2.99. The molecular formula is C17H29ClN2O2. The quantitative estimate of drug-likeness (QED) is 0.836. The molecule has 5 heteroatoms. The SMILES string of the molecule is CNCCN(C)C(=O)C(C)Oc1cc(C(C)C)ccc1C.Cl. The standard InChI is InChI=1S/C17H28N2O2.ClH/c1-12(2)15-8-7-13(3)16(11-15)21-14(4)17(20)19(6)10-9-18-5;/h7-8,11-12,14,18H,9-10H2,1-6H3;1H. The molecule has 22 heavy (non-hydrogen) atoms. The van der Waals surface area contributed by atoms with Crippen LogP contribution in [0.25, 0.3) is 0 Å². The van der Waals surface area contributed by atoms with Gasteiger partial charge in [-0.3, -0.25) is 4.79 Å². The van der Waals surface area contributed by atoms with E-state index in [0.717, 1.165) is 17.9 Å². The number of carbonyl (C=O) groups excluding carboxylic acids is 1. The van der Waals surface area contributed by atoms with Crippen LogP contribution in [0.15, 0.2) is 18.2 Å². The number of hydrogen-bond donors (Lipinski definition) is 1. The van der Waals surface area contributed by atoms with Crippen molar-refractivity contribution in [1.82, 2.24) is 10.2 Å². The Balaban J connectivity index is 0.00000441. The molecule has 4 nitrogen and oxygen atoms in total. The highest BCUT2D eigenvalue weighted by molar-refractivity contribution is 5.85. The number of amides is 1. The molecule has 1 atom stereocenters. The van der Waals surface area contributed by atoms with E-state index in [2.05, 4.69) is 25.2 Å². The molecule has 0 spiro atoms.